The molecular weight excluding hydrogens is 388 g/mol. The topological polar surface area (TPSA) is 52.3 Å². The lowest BCUT2D eigenvalue weighted by Crippen LogP contribution is -2.42. The van der Waals surface area contributed by atoms with Crippen LogP contribution in [0.3, 0.4) is 0 Å². The summed E-state index contributed by atoms with van der Waals surface area (Å²) in [7, 11) is 1.76. The van der Waals surface area contributed by atoms with Crippen LogP contribution >= 0.6 is 0 Å². The zero-order valence-corrected chi connectivity index (χ0v) is 18.8. The molecule has 0 N–H and O–H groups in total. The fraction of sp³-hybridized carbons (Fsp3) is 0.440. The average molecular weight is 421 g/mol. The zero-order chi connectivity index (χ0) is 22.0. The number of rotatable bonds is 7. The molecule has 2 unspecified atom stereocenters. The van der Waals surface area contributed by atoms with E-state index in [9.17, 15) is 4.79 Å². The lowest BCUT2D eigenvalue weighted by Gasteiger charge is -2.40. The van der Waals surface area contributed by atoms with Crippen molar-refractivity contribution < 1.29 is 4.74 Å². The Morgan fingerprint density at radius 3 is 2.65 bits per heavy atom. The highest BCUT2D eigenvalue weighted by Crippen LogP contribution is 2.28. The van der Waals surface area contributed by atoms with Crippen molar-refractivity contribution in [2.45, 2.75) is 58.4 Å². The number of fused-ring (bicyclic) bond motifs is 1. The van der Waals surface area contributed by atoms with E-state index in [0.29, 0.717) is 19.2 Å². The summed E-state index contributed by atoms with van der Waals surface area (Å²) in [6, 6.07) is 15.3. The monoisotopic (exact) mass is 420 g/mol. The van der Waals surface area contributed by atoms with Gasteiger partial charge < -0.3 is 9.64 Å². The average Bonchev–Trinajstić information content (AvgIpc) is 3.00. The molecular formula is C25H32N4O2. The van der Waals surface area contributed by atoms with E-state index in [1.165, 1.54) is 16.3 Å². The predicted molar refractivity (Wildman–Crippen MR) is 124 cm³/mol. The summed E-state index contributed by atoms with van der Waals surface area (Å²) in [4.78, 5) is 14.5. The van der Waals surface area contributed by atoms with Crippen LogP contribution in [0, 0.1) is 6.92 Å². The lowest BCUT2D eigenvalue weighted by atomic mass is 9.97. The second-order valence-electron chi connectivity index (χ2n) is 8.63. The van der Waals surface area contributed by atoms with E-state index in [0.717, 1.165) is 37.3 Å². The minimum Gasteiger partial charge on any atom is -0.373 e. The van der Waals surface area contributed by atoms with Crippen molar-refractivity contribution in [2.75, 3.05) is 6.54 Å². The molecule has 3 aromatic rings. The SMILES string of the molecule is C=C1CC(OCc2ccc3ccccc3c2)CC(C)N1CCCn1nc(C)n(C)c1=O. The molecule has 164 valence electrons. The Labute approximate surface area is 183 Å². The van der Waals surface area contributed by atoms with Gasteiger partial charge in [0.2, 0.25) is 0 Å². The van der Waals surface area contributed by atoms with Crippen LogP contribution in [0.1, 0.15) is 37.6 Å². The molecule has 2 heterocycles. The van der Waals surface area contributed by atoms with E-state index in [1.807, 2.05) is 6.92 Å². The second kappa shape index (κ2) is 9.10. The first kappa shape index (κ1) is 21.4. The Morgan fingerprint density at radius 2 is 1.94 bits per heavy atom. The van der Waals surface area contributed by atoms with Crippen LogP contribution in [-0.4, -0.2) is 37.9 Å². The van der Waals surface area contributed by atoms with Crippen LogP contribution in [0.15, 0.2) is 59.5 Å². The lowest BCUT2D eigenvalue weighted by molar-refractivity contribution is -0.00336. The van der Waals surface area contributed by atoms with Crippen LogP contribution in [0.2, 0.25) is 0 Å². The number of aromatic nitrogens is 3. The molecule has 31 heavy (non-hydrogen) atoms. The molecule has 0 spiro atoms. The molecule has 0 amide bonds. The van der Waals surface area contributed by atoms with Gasteiger partial charge in [0.15, 0.2) is 0 Å². The minimum absolute atomic E-state index is 0.0508. The molecule has 0 radical (unpaired) electrons. The van der Waals surface area contributed by atoms with E-state index in [-0.39, 0.29) is 11.8 Å². The van der Waals surface area contributed by atoms with Crippen molar-refractivity contribution in [3.05, 3.63) is 76.6 Å². The molecule has 1 fully saturated rings. The molecule has 2 atom stereocenters. The van der Waals surface area contributed by atoms with Crippen LogP contribution in [0.25, 0.3) is 10.8 Å². The third kappa shape index (κ3) is 4.74. The molecule has 6 heteroatoms. The molecule has 1 aromatic heterocycles. The van der Waals surface area contributed by atoms with Gasteiger partial charge in [-0.15, -0.1) is 0 Å². The van der Waals surface area contributed by atoms with Crippen LogP contribution in [0.4, 0.5) is 0 Å². The second-order valence-corrected chi connectivity index (χ2v) is 8.63. The summed E-state index contributed by atoms with van der Waals surface area (Å²) in [5.41, 5.74) is 2.27. The molecule has 2 aromatic carbocycles. The fourth-order valence-electron chi connectivity index (χ4n) is 4.46. The quantitative estimate of drug-likeness (QED) is 0.579. The maximum absolute atomic E-state index is 12.1. The van der Waals surface area contributed by atoms with Gasteiger partial charge in [0, 0.05) is 38.3 Å². The van der Waals surface area contributed by atoms with Gasteiger partial charge in [0.1, 0.15) is 5.82 Å². The molecule has 1 aliphatic rings. The van der Waals surface area contributed by atoms with E-state index >= 15 is 0 Å². The summed E-state index contributed by atoms with van der Waals surface area (Å²) < 4.78 is 9.41. The summed E-state index contributed by atoms with van der Waals surface area (Å²) in [5, 5.41) is 6.82. The first-order chi connectivity index (χ1) is 14.9. The maximum atomic E-state index is 12.1. The van der Waals surface area contributed by atoms with E-state index in [2.05, 4.69) is 66.0 Å². The number of ether oxygens (including phenoxy) is 1. The Morgan fingerprint density at radius 1 is 1.16 bits per heavy atom. The normalized spacial score (nSPS) is 19.3. The summed E-state index contributed by atoms with van der Waals surface area (Å²) >= 11 is 0. The molecule has 4 rings (SSSR count). The van der Waals surface area contributed by atoms with Gasteiger partial charge in [-0.25, -0.2) is 9.48 Å². The number of hydrogen-bond donors (Lipinski definition) is 0. The number of benzene rings is 2. The van der Waals surface area contributed by atoms with Crippen molar-refractivity contribution in [2.24, 2.45) is 7.05 Å². The van der Waals surface area contributed by atoms with Gasteiger partial charge in [0.25, 0.3) is 0 Å². The molecule has 0 saturated carbocycles. The predicted octanol–water partition coefficient (Wildman–Crippen LogP) is 4.02. The minimum atomic E-state index is -0.0508. The molecule has 1 saturated heterocycles. The van der Waals surface area contributed by atoms with Crippen LogP contribution < -0.4 is 5.69 Å². The number of piperidine rings is 1. The van der Waals surface area contributed by atoms with Crippen molar-refractivity contribution in [3.63, 3.8) is 0 Å². The largest absolute Gasteiger partial charge is 0.373 e. The standard InChI is InChI=1S/C25H32N4O2/c1-18-14-24(31-17-21-10-11-22-8-5-6-9-23(22)16-21)15-19(2)28(18)12-7-13-29-25(30)27(4)20(3)26-29/h5-6,8-11,16,19,24H,1,7,12-15,17H2,2-4H3. The van der Waals surface area contributed by atoms with Gasteiger partial charge in [-0.05, 0) is 49.1 Å². The highest BCUT2D eigenvalue weighted by Gasteiger charge is 2.27. The van der Waals surface area contributed by atoms with Crippen LogP contribution in [-0.2, 0) is 24.9 Å². The van der Waals surface area contributed by atoms with Crippen LogP contribution in [0.5, 0.6) is 0 Å². The number of aryl methyl sites for hydroxylation is 2. The van der Waals surface area contributed by atoms with E-state index < -0.39 is 0 Å². The summed E-state index contributed by atoms with van der Waals surface area (Å²) in [5.74, 6) is 0.743. The first-order valence-electron chi connectivity index (χ1n) is 11.1. The highest BCUT2D eigenvalue weighted by atomic mass is 16.5. The van der Waals surface area contributed by atoms with Crippen molar-refractivity contribution in [3.8, 4) is 0 Å². The molecule has 6 nitrogen and oxygen atoms in total. The fourth-order valence-corrected chi connectivity index (χ4v) is 4.46. The van der Waals surface area contributed by atoms with E-state index in [4.69, 9.17) is 4.74 Å². The van der Waals surface area contributed by atoms with Crippen molar-refractivity contribution in [1.29, 1.82) is 0 Å². The van der Waals surface area contributed by atoms with Gasteiger partial charge in [0.05, 0.1) is 12.7 Å². The number of likely N-dealkylation sites (tertiary alicyclic amines) is 1. The smallest absolute Gasteiger partial charge is 0.345 e. The Bertz CT molecular complexity index is 1130. The van der Waals surface area contributed by atoms with Gasteiger partial charge in [-0.1, -0.05) is 43.0 Å². The number of hydrogen-bond acceptors (Lipinski definition) is 4. The van der Waals surface area contributed by atoms with Gasteiger partial charge in [-0.2, -0.15) is 5.10 Å². The Balaban J connectivity index is 1.28. The van der Waals surface area contributed by atoms with Gasteiger partial charge in [-0.3, -0.25) is 4.57 Å². The molecule has 0 aliphatic carbocycles. The van der Waals surface area contributed by atoms with Crippen molar-refractivity contribution in [1.82, 2.24) is 19.2 Å². The summed E-state index contributed by atoms with van der Waals surface area (Å²) in [6.07, 6.45) is 2.88. The third-order valence-corrected chi connectivity index (χ3v) is 6.33. The Kier molecular flexibility index (Phi) is 6.28. The first-order valence-corrected chi connectivity index (χ1v) is 11.1. The third-order valence-electron chi connectivity index (χ3n) is 6.33. The highest BCUT2D eigenvalue weighted by molar-refractivity contribution is 5.82. The molecule has 0 bridgehead atoms. The van der Waals surface area contributed by atoms with Crippen molar-refractivity contribution >= 4 is 10.8 Å². The Hall–Kier alpha value is -2.86. The maximum Gasteiger partial charge on any atom is 0.345 e. The molecule has 1 aliphatic heterocycles. The zero-order valence-electron chi connectivity index (χ0n) is 18.8. The number of nitrogens with zero attached hydrogens (tertiary/aromatic N) is 4. The van der Waals surface area contributed by atoms with E-state index in [1.54, 1.807) is 16.3 Å². The van der Waals surface area contributed by atoms with Gasteiger partial charge >= 0.3 is 5.69 Å². The summed E-state index contributed by atoms with van der Waals surface area (Å²) in [6.45, 7) is 10.5.